The molecule has 1 aliphatic heterocycles. The lowest BCUT2D eigenvalue weighted by Gasteiger charge is -2.34. The monoisotopic (exact) mass is 423 g/mol. The van der Waals surface area contributed by atoms with Gasteiger partial charge in [-0.3, -0.25) is 14.5 Å². The van der Waals surface area contributed by atoms with E-state index in [2.05, 4.69) is 5.32 Å². The van der Waals surface area contributed by atoms with Gasteiger partial charge in [-0.15, -0.1) is 0 Å². The van der Waals surface area contributed by atoms with Crippen molar-refractivity contribution < 1.29 is 19.1 Å². The topological polar surface area (TPSA) is 79.0 Å². The summed E-state index contributed by atoms with van der Waals surface area (Å²) >= 11 is 0. The smallest absolute Gasteiger partial charge is 0.340 e. The Balaban J connectivity index is 1.53. The average Bonchev–Trinajstić information content (AvgIpc) is 2.76. The summed E-state index contributed by atoms with van der Waals surface area (Å²) in [5.74, 6) is -0.641. The number of ether oxygens (including phenoxy) is 1. The highest BCUT2D eigenvalue weighted by Gasteiger charge is 2.24. The number of esters is 1. The molecule has 1 fully saturated rings. The fourth-order valence-electron chi connectivity index (χ4n) is 3.54. The summed E-state index contributed by atoms with van der Waals surface area (Å²) in [6, 6.07) is 12.6. The summed E-state index contributed by atoms with van der Waals surface area (Å²) in [6.45, 7) is 8.60. The lowest BCUT2D eigenvalue weighted by atomic mass is 10.1. The quantitative estimate of drug-likeness (QED) is 0.723. The molecule has 0 atom stereocenters. The molecule has 164 valence electrons. The Labute approximate surface area is 183 Å². The molecule has 0 saturated carbocycles. The molecule has 7 nitrogen and oxygen atoms in total. The normalized spacial score (nSPS) is 14.2. The molecule has 3 rings (SSSR count). The van der Waals surface area contributed by atoms with Crippen LogP contribution in [0.1, 0.15) is 38.8 Å². The van der Waals surface area contributed by atoms with Crippen molar-refractivity contribution in [3.8, 4) is 0 Å². The van der Waals surface area contributed by atoms with E-state index >= 15 is 0 Å². The van der Waals surface area contributed by atoms with Crippen molar-refractivity contribution in [3.63, 3.8) is 0 Å². The van der Waals surface area contributed by atoms with Gasteiger partial charge in [0.25, 0.3) is 5.91 Å². The number of benzene rings is 2. The Morgan fingerprint density at radius 3 is 2.35 bits per heavy atom. The number of hydrogen-bond donors (Lipinski definition) is 1. The van der Waals surface area contributed by atoms with Gasteiger partial charge >= 0.3 is 5.97 Å². The minimum Gasteiger partial charge on any atom is -0.462 e. The molecule has 1 heterocycles. The fourth-order valence-corrected chi connectivity index (χ4v) is 3.54. The van der Waals surface area contributed by atoms with Crippen LogP contribution in [-0.2, 0) is 9.53 Å². The third kappa shape index (κ3) is 5.70. The molecular formula is C24H29N3O4. The maximum Gasteiger partial charge on any atom is 0.340 e. The zero-order valence-corrected chi connectivity index (χ0v) is 18.3. The van der Waals surface area contributed by atoms with E-state index in [0.29, 0.717) is 43.0 Å². The second-order valence-corrected chi connectivity index (χ2v) is 7.68. The van der Waals surface area contributed by atoms with Gasteiger partial charge < -0.3 is 15.0 Å². The Morgan fingerprint density at radius 1 is 0.968 bits per heavy atom. The molecule has 7 heteroatoms. The van der Waals surface area contributed by atoms with Crippen LogP contribution in [0.15, 0.2) is 42.5 Å². The predicted octanol–water partition coefficient (Wildman–Crippen LogP) is 2.88. The van der Waals surface area contributed by atoms with Gasteiger partial charge in [-0.05, 0) is 56.2 Å². The summed E-state index contributed by atoms with van der Waals surface area (Å²) in [5.41, 5.74) is 3.74. The number of amides is 2. The van der Waals surface area contributed by atoms with Gasteiger partial charge in [0.2, 0.25) is 5.91 Å². The van der Waals surface area contributed by atoms with E-state index in [9.17, 15) is 14.4 Å². The molecule has 1 saturated heterocycles. The number of aryl methyl sites for hydroxylation is 2. The van der Waals surface area contributed by atoms with Crippen molar-refractivity contribution in [2.45, 2.75) is 20.8 Å². The van der Waals surface area contributed by atoms with Crippen LogP contribution in [0.3, 0.4) is 0 Å². The van der Waals surface area contributed by atoms with Crippen LogP contribution in [0.4, 0.5) is 5.69 Å². The van der Waals surface area contributed by atoms with E-state index in [1.807, 2.05) is 41.8 Å². The number of piperazine rings is 1. The standard InChI is InChI=1S/C24H29N3O4/c1-4-31-24(30)20-7-5-6-8-21(20)25-22(28)16-26-11-13-27(14-12-26)23(29)19-10-9-17(2)18(3)15-19/h5-10,15H,4,11-14,16H2,1-3H3,(H,25,28). The highest BCUT2D eigenvalue weighted by Crippen LogP contribution is 2.17. The van der Waals surface area contributed by atoms with Crippen LogP contribution in [0.5, 0.6) is 0 Å². The van der Waals surface area contributed by atoms with Gasteiger partial charge in [-0.2, -0.15) is 0 Å². The van der Waals surface area contributed by atoms with Crippen molar-refractivity contribution >= 4 is 23.5 Å². The fraction of sp³-hybridized carbons (Fsp3) is 0.375. The molecule has 0 radical (unpaired) electrons. The van der Waals surface area contributed by atoms with Gasteiger partial charge in [-0.1, -0.05) is 18.2 Å². The molecule has 31 heavy (non-hydrogen) atoms. The Hall–Kier alpha value is -3.19. The summed E-state index contributed by atoms with van der Waals surface area (Å²) in [4.78, 5) is 41.2. The van der Waals surface area contributed by atoms with Crippen LogP contribution in [0, 0.1) is 13.8 Å². The molecule has 1 N–H and O–H groups in total. The van der Waals surface area contributed by atoms with E-state index in [0.717, 1.165) is 11.1 Å². The van der Waals surface area contributed by atoms with Crippen LogP contribution < -0.4 is 5.32 Å². The summed E-state index contributed by atoms with van der Waals surface area (Å²) in [6.07, 6.45) is 0. The lowest BCUT2D eigenvalue weighted by molar-refractivity contribution is -0.117. The van der Waals surface area contributed by atoms with E-state index in [1.54, 1.807) is 31.2 Å². The third-order valence-corrected chi connectivity index (χ3v) is 5.48. The minimum atomic E-state index is -0.461. The molecule has 0 aliphatic carbocycles. The van der Waals surface area contributed by atoms with Crippen LogP contribution in [-0.4, -0.2) is 66.9 Å². The molecule has 0 bridgehead atoms. The summed E-state index contributed by atoms with van der Waals surface area (Å²) in [5, 5.41) is 2.81. The van der Waals surface area contributed by atoms with Crippen molar-refractivity contribution in [3.05, 3.63) is 64.7 Å². The maximum absolute atomic E-state index is 12.8. The predicted molar refractivity (Wildman–Crippen MR) is 119 cm³/mol. The maximum atomic E-state index is 12.8. The molecule has 0 aromatic heterocycles. The number of nitrogens with one attached hydrogen (secondary N) is 1. The highest BCUT2D eigenvalue weighted by atomic mass is 16.5. The van der Waals surface area contributed by atoms with Gasteiger partial charge in [-0.25, -0.2) is 4.79 Å². The number of carbonyl (C=O) groups is 3. The summed E-state index contributed by atoms with van der Waals surface area (Å²) in [7, 11) is 0. The molecule has 0 unspecified atom stereocenters. The first-order valence-electron chi connectivity index (χ1n) is 10.5. The van der Waals surface area contributed by atoms with Gasteiger partial charge in [0.05, 0.1) is 24.4 Å². The van der Waals surface area contributed by atoms with E-state index in [1.165, 1.54) is 0 Å². The largest absolute Gasteiger partial charge is 0.462 e. The molecule has 2 aromatic rings. The number of carbonyl (C=O) groups excluding carboxylic acids is 3. The van der Waals surface area contributed by atoms with Gasteiger partial charge in [0.15, 0.2) is 0 Å². The first-order valence-corrected chi connectivity index (χ1v) is 10.5. The van der Waals surface area contributed by atoms with Crippen molar-refractivity contribution in [2.24, 2.45) is 0 Å². The third-order valence-electron chi connectivity index (χ3n) is 5.48. The lowest BCUT2D eigenvalue weighted by Crippen LogP contribution is -2.50. The van der Waals surface area contributed by atoms with Crippen molar-refractivity contribution in [2.75, 3.05) is 44.6 Å². The molecular weight excluding hydrogens is 394 g/mol. The molecule has 2 aromatic carbocycles. The molecule has 2 amide bonds. The van der Waals surface area contributed by atoms with E-state index in [-0.39, 0.29) is 25.0 Å². The molecule has 0 spiro atoms. The number of nitrogens with zero attached hydrogens (tertiary/aromatic N) is 2. The van der Waals surface area contributed by atoms with E-state index in [4.69, 9.17) is 4.74 Å². The minimum absolute atomic E-state index is 0.0237. The Morgan fingerprint density at radius 2 is 1.68 bits per heavy atom. The van der Waals surface area contributed by atoms with Crippen LogP contribution in [0.25, 0.3) is 0 Å². The first kappa shape index (κ1) is 22.5. The van der Waals surface area contributed by atoms with Gasteiger partial charge in [0, 0.05) is 31.7 Å². The molecule has 1 aliphatic rings. The number of para-hydroxylation sites is 1. The van der Waals surface area contributed by atoms with Crippen LogP contribution in [0.2, 0.25) is 0 Å². The van der Waals surface area contributed by atoms with Crippen molar-refractivity contribution in [1.29, 1.82) is 0 Å². The highest BCUT2D eigenvalue weighted by molar-refractivity contribution is 6.01. The number of anilines is 1. The average molecular weight is 424 g/mol. The summed E-state index contributed by atoms with van der Waals surface area (Å²) < 4.78 is 5.05. The van der Waals surface area contributed by atoms with Gasteiger partial charge in [0.1, 0.15) is 0 Å². The zero-order valence-electron chi connectivity index (χ0n) is 18.3. The number of hydrogen-bond acceptors (Lipinski definition) is 5. The second-order valence-electron chi connectivity index (χ2n) is 7.68. The van der Waals surface area contributed by atoms with Crippen molar-refractivity contribution in [1.82, 2.24) is 9.80 Å². The Bertz CT molecular complexity index is 965. The van der Waals surface area contributed by atoms with Crippen LogP contribution >= 0.6 is 0 Å². The van der Waals surface area contributed by atoms with E-state index < -0.39 is 5.97 Å². The second kappa shape index (κ2) is 10.2. The Kier molecular flexibility index (Phi) is 7.41. The first-order chi connectivity index (χ1) is 14.9. The number of rotatable bonds is 6. The SMILES string of the molecule is CCOC(=O)c1ccccc1NC(=O)CN1CCN(C(=O)c2ccc(C)c(C)c2)CC1. The zero-order chi connectivity index (χ0) is 22.4.